The minimum Gasteiger partial charge on any atom is -0.355 e. The normalized spacial score (nSPS) is 10.0. The molecule has 0 saturated carbocycles. The summed E-state index contributed by atoms with van der Waals surface area (Å²) in [6.45, 7) is 0.902. The largest absolute Gasteiger partial charge is 0.355 e. The lowest BCUT2D eigenvalue weighted by molar-refractivity contribution is -0.120. The Morgan fingerprint density at radius 2 is 1.83 bits per heavy atom. The molecule has 0 saturated heterocycles. The molecule has 1 aromatic heterocycles. The third-order valence-electron chi connectivity index (χ3n) is 3.02. The van der Waals surface area contributed by atoms with Crippen molar-refractivity contribution < 1.29 is 14.0 Å². The molecule has 3 N–H and O–H groups in total. The van der Waals surface area contributed by atoms with E-state index < -0.39 is 11.7 Å². The number of hydrogen-bond acceptors (Lipinski definition) is 5. The zero-order chi connectivity index (χ0) is 17.2. The minimum absolute atomic E-state index is 0.162. The predicted octanol–water partition coefficient (Wildman–Crippen LogP) is 0.964. The third-order valence-corrected chi connectivity index (χ3v) is 3.02. The van der Waals surface area contributed by atoms with Gasteiger partial charge in [-0.05, 0) is 30.7 Å². The van der Waals surface area contributed by atoms with Crippen LogP contribution in [-0.2, 0) is 4.79 Å². The van der Waals surface area contributed by atoms with Gasteiger partial charge in [0.15, 0.2) is 0 Å². The Bertz CT molecular complexity index is 681. The number of aromatic nitrogens is 2. The van der Waals surface area contributed by atoms with Crippen molar-refractivity contribution in [2.75, 3.05) is 25.0 Å². The van der Waals surface area contributed by atoms with E-state index in [0.717, 1.165) is 6.07 Å². The topological polar surface area (TPSA) is 96.0 Å². The molecule has 0 aliphatic heterocycles. The quantitative estimate of drug-likeness (QED) is 0.626. The minimum atomic E-state index is -0.498. The highest BCUT2D eigenvalue weighted by Gasteiger charge is 2.08. The molecule has 0 fully saturated rings. The number of amides is 2. The highest BCUT2D eigenvalue weighted by molar-refractivity contribution is 5.96. The molecule has 0 spiro atoms. The van der Waals surface area contributed by atoms with Crippen LogP contribution in [0.3, 0.4) is 0 Å². The fraction of sp³-hybridized carbons (Fsp3) is 0.250. The van der Waals surface area contributed by atoms with Gasteiger partial charge in [-0.2, -0.15) is 0 Å². The number of halogens is 1. The Morgan fingerprint density at radius 3 is 2.58 bits per heavy atom. The van der Waals surface area contributed by atoms with E-state index in [4.69, 9.17) is 0 Å². The first-order valence-electron chi connectivity index (χ1n) is 7.46. The molecule has 0 bridgehead atoms. The van der Waals surface area contributed by atoms with E-state index in [1.807, 2.05) is 0 Å². The maximum atomic E-state index is 13.0. The molecule has 0 aliphatic carbocycles. The molecule has 1 heterocycles. The summed E-state index contributed by atoms with van der Waals surface area (Å²) in [5.41, 5.74) is 0.176. The first-order chi connectivity index (χ1) is 11.6. The monoisotopic (exact) mass is 331 g/mol. The Labute approximate surface area is 138 Å². The first-order valence-corrected chi connectivity index (χ1v) is 7.46. The predicted molar refractivity (Wildman–Crippen MR) is 86.9 cm³/mol. The van der Waals surface area contributed by atoms with Crippen LogP contribution in [0.4, 0.5) is 10.3 Å². The van der Waals surface area contributed by atoms with Crippen LogP contribution >= 0.6 is 0 Å². The van der Waals surface area contributed by atoms with Crippen molar-refractivity contribution in [2.45, 2.75) is 6.42 Å². The van der Waals surface area contributed by atoms with Crippen molar-refractivity contribution in [3.8, 4) is 0 Å². The van der Waals surface area contributed by atoms with E-state index in [-0.39, 0.29) is 18.0 Å². The summed E-state index contributed by atoms with van der Waals surface area (Å²) in [6.07, 6.45) is 3.96. The second-order valence-electron chi connectivity index (χ2n) is 4.90. The van der Waals surface area contributed by atoms with Gasteiger partial charge in [0.25, 0.3) is 5.91 Å². The SMILES string of the molecule is O=C(CNC(=O)c1cccc(F)c1)NCCCNc1ncccn1. The molecular weight excluding hydrogens is 313 g/mol. The average Bonchev–Trinajstić information content (AvgIpc) is 2.60. The van der Waals surface area contributed by atoms with Crippen molar-refractivity contribution in [2.24, 2.45) is 0 Å². The Hall–Kier alpha value is -3.03. The smallest absolute Gasteiger partial charge is 0.251 e. The standard InChI is InChI=1S/C16H18FN5O2/c17-13-5-1-4-12(10-13)15(24)22-11-14(23)18-6-2-7-19-16-20-8-3-9-21-16/h1,3-5,8-10H,2,6-7,11H2,(H,18,23)(H,22,24)(H,19,20,21). The summed E-state index contributed by atoms with van der Waals surface area (Å²) in [5, 5.41) is 8.13. The second kappa shape index (κ2) is 9.19. The van der Waals surface area contributed by atoms with E-state index in [9.17, 15) is 14.0 Å². The average molecular weight is 331 g/mol. The molecule has 1 aromatic carbocycles. The Kier molecular flexibility index (Phi) is 6.63. The molecule has 0 unspecified atom stereocenters. The van der Waals surface area contributed by atoms with Gasteiger partial charge in [-0.15, -0.1) is 0 Å². The van der Waals surface area contributed by atoms with Crippen LogP contribution < -0.4 is 16.0 Å². The van der Waals surface area contributed by atoms with Gasteiger partial charge in [0.1, 0.15) is 5.82 Å². The number of carbonyl (C=O) groups is 2. The van der Waals surface area contributed by atoms with Crippen LogP contribution in [-0.4, -0.2) is 41.4 Å². The third kappa shape index (κ3) is 5.99. The molecule has 7 nitrogen and oxygen atoms in total. The molecule has 8 heteroatoms. The molecule has 2 aromatic rings. The number of carbonyl (C=O) groups excluding carboxylic acids is 2. The summed E-state index contributed by atoms with van der Waals surface area (Å²) < 4.78 is 13.0. The van der Waals surface area contributed by atoms with Crippen LogP contribution in [0.15, 0.2) is 42.7 Å². The fourth-order valence-corrected chi connectivity index (χ4v) is 1.86. The van der Waals surface area contributed by atoms with Crippen molar-refractivity contribution in [3.63, 3.8) is 0 Å². The van der Waals surface area contributed by atoms with Gasteiger partial charge in [-0.1, -0.05) is 6.07 Å². The molecule has 0 atom stereocenters. The van der Waals surface area contributed by atoms with Crippen LogP contribution in [0.2, 0.25) is 0 Å². The van der Waals surface area contributed by atoms with Gasteiger partial charge in [-0.25, -0.2) is 14.4 Å². The highest BCUT2D eigenvalue weighted by Crippen LogP contribution is 2.02. The van der Waals surface area contributed by atoms with Crippen molar-refractivity contribution >= 4 is 17.8 Å². The number of rotatable bonds is 8. The molecule has 0 radical (unpaired) electrons. The van der Waals surface area contributed by atoms with Gasteiger partial charge < -0.3 is 16.0 Å². The molecule has 2 rings (SSSR count). The molecule has 24 heavy (non-hydrogen) atoms. The van der Waals surface area contributed by atoms with Gasteiger partial charge in [0.2, 0.25) is 11.9 Å². The number of benzene rings is 1. The van der Waals surface area contributed by atoms with E-state index in [1.54, 1.807) is 18.5 Å². The zero-order valence-electron chi connectivity index (χ0n) is 13.0. The van der Waals surface area contributed by atoms with E-state index in [2.05, 4.69) is 25.9 Å². The maximum absolute atomic E-state index is 13.0. The van der Waals surface area contributed by atoms with Gasteiger partial charge >= 0.3 is 0 Å². The lowest BCUT2D eigenvalue weighted by Crippen LogP contribution is -2.37. The van der Waals surface area contributed by atoms with E-state index in [1.165, 1.54) is 18.2 Å². The van der Waals surface area contributed by atoms with Crippen LogP contribution in [0.5, 0.6) is 0 Å². The molecule has 0 aliphatic rings. The van der Waals surface area contributed by atoms with E-state index >= 15 is 0 Å². The number of anilines is 1. The lowest BCUT2D eigenvalue weighted by atomic mass is 10.2. The number of nitrogens with zero attached hydrogens (tertiary/aromatic N) is 2. The van der Waals surface area contributed by atoms with Gasteiger partial charge in [0, 0.05) is 31.0 Å². The number of hydrogen-bond donors (Lipinski definition) is 3. The Balaban J connectivity index is 1.59. The lowest BCUT2D eigenvalue weighted by Gasteiger charge is -2.08. The second-order valence-corrected chi connectivity index (χ2v) is 4.90. The van der Waals surface area contributed by atoms with E-state index in [0.29, 0.717) is 25.5 Å². The first kappa shape index (κ1) is 17.3. The van der Waals surface area contributed by atoms with Crippen molar-refractivity contribution in [1.82, 2.24) is 20.6 Å². The molecule has 2 amide bonds. The van der Waals surface area contributed by atoms with Gasteiger partial charge in [0.05, 0.1) is 6.54 Å². The summed E-state index contributed by atoms with van der Waals surface area (Å²) >= 11 is 0. The maximum Gasteiger partial charge on any atom is 0.251 e. The van der Waals surface area contributed by atoms with Crippen molar-refractivity contribution in [1.29, 1.82) is 0 Å². The highest BCUT2D eigenvalue weighted by atomic mass is 19.1. The molecule has 126 valence electrons. The zero-order valence-corrected chi connectivity index (χ0v) is 13.0. The van der Waals surface area contributed by atoms with Crippen LogP contribution in [0, 0.1) is 5.82 Å². The van der Waals surface area contributed by atoms with Crippen LogP contribution in [0.25, 0.3) is 0 Å². The Morgan fingerprint density at radius 1 is 1.04 bits per heavy atom. The van der Waals surface area contributed by atoms with Crippen molar-refractivity contribution in [3.05, 3.63) is 54.1 Å². The number of nitrogens with one attached hydrogen (secondary N) is 3. The van der Waals surface area contributed by atoms with Crippen LogP contribution in [0.1, 0.15) is 16.8 Å². The summed E-state index contributed by atoms with van der Waals surface area (Å²) in [4.78, 5) is 31.4. The summed E-state index contributed by atoms with van der Waals surface area (Å²) in [7, 11) is 0. The summed E-state index contributed by atoms with van der Waals surface area (Å²) in [5.74, 6) is -0.767. The summed E-state index contributed by atoms with van der Waals surface area (Å²) in [6, 6.07) is 7.01. The van der Waals surface area contributed by atoms with Gasteiger partial charge in [-0.3, -0.25) is 9.59 Å². The fourth-order valence-electron chi connectivity index (χ4n) is 1.86. The molecular formula is C16H18FN5O2.